The topological polar surface area (TPSA) is 37.3 Å². The Hall–Kier alpha value is -1.57. The van der Waals surface area contributed by atoms with Crippen molar-refractivity contribution in [2.24, 2.45) is 0 Å². The molecular weight excluding hydrogens is 260 g/mol. The van der Waals surface area contributed by atoms with Crippen molar-refractivity contribution in [3.63, 3.8) is 0 Å². The Labute approximate surface area is 130 Å². The Morgan fingerprint density at radius 2 is 1.29 bits per heavy atom. The van der Waals surface area contributed by atoms with Crippen LogP contribution in [0.3, 0.4) is 0 Å². The number of hydrogen-bond donors (Lipinski definition) is 1. The number of carboxylic acids is 1. The third kappa shape index (κ3) is 11.9. The molecule has 0 aliphatic heterocycles. The molecule has 0 saturated carbocycles. The highest BCUT2D eigenvalue weighted by atomic mass is 16.4. The first-order valence-corrected chi connectivity index (χ1v) is 7.68. The number of rotatable bonds is 10. The van der Waals surface area contributed by atoms with E-state index in [-0.39, 0.29) is 5.57 Å². The van der Waals surface area contributed by atoms with Gasteiger partial charge in [0.05, 0.1) is 0 Å². The number of carbonyl (C=O) groups is 1. The lowest BCUT2D eigenvalue weighted by atomic mass is 10.0. The lowest BCUT2D eigenvalue weighted by Gasteiger charge is -2.02. The van der Waals surface area contributed by atoms with Crippen LogP contribution in [0.2, 0.25) is 0 Å². The second-order valence-corrected chi connectivity index (χ2v) is 5.91. The first-order valence-electron chi connectivity index (χ1n) is 7.68. The molecule has 118 valence electrons. The fourth-order valence-electron chi connectivity index (χ4n) is 1.94. The third-order valence-corrected chi connectivity index (χ3v) is 3.36. The monoisotopic (exact) mass is 290 g/mol. The molecule has 21 heavy (non-hydrogen) atoms. The average molecular weight is 290 g/mol. The summed E-state index contributed by atoms with van der Waals surface area (Å²) in [6.07, 6.45) is 12.4. The number of aliphatic carboxylic acids is 1. The molecule has 0 amide bonds. The summed E-state index contributed by atoms with van der Waals surface area (Å²) < 4.78 is 0. The molecule has 0 aromatic rings. The minimum atomic E-state index is -0.893. The normalized spacial score (nSPS) is 12.2. The van der Waals surface area contributed by atoms with E-state index in [2.05, 4.69) is 52.5 Å². The van der Waals surface area contributed by atoms with Crippen molar-refractivity contribution in [3.8, 4) is 0 Å². The summed E-state index contributed by atoms with van der Waals surface area (Å²) in [6, 6.07) is 0. The van der Waals surface area contributed by atoms with Crippen molar-refractivity contribution in [1.82, 2.24) is 0 Å². The van der Waals surface area contributed by atoms with Gasteiger partial charge in [0.2, 0.25) is 0 Å². The Bertz CT molecular complexity index is 432. The van der Waals surface area contributed by atoms with Gasteiger partial charge in [-0.1, -0.05) is 41.5 Å². The summed E-state index contributed by atoms with van der Waals surface area (Å²) in [6.45, 7) is 12.1. The smallest absolute Gasteiger partial charge is 0.330 e. The quantitative estimate of drug-likeness (QED) is 0.406. The van der Waals surface area contributed by atoms with Crippen LogP contribution in [-0.2, 0) is 4.79 Å². The van der Waals surface area contributed by atoms with Gasteiger partial charge in [-0.05, 0) is 66.2 Å². The molecule has 0 spiro atoms. The fraction of sp³-hybridized carbons (Fsp3) is 0.526. The highest BCUT2D eigenvalue weighted by molar-refractivity contribution is 5.85. The molecule has 0 aliphatic carbocycles. The summed E-state index contributed by atoms with van der Waals surface area (Å²) in [7, 11) is 0. The van der Waals surface area contributed by atoms with Crippen molar-refractivity contribution in [2.45, 2.75) is 66.2 Å². The van der Waals surface area contributed by atoms with E-state index in [1.807, 2.05) is 0 Å². The van der Waals surface area contributed by atoms with Crippen LogP contribution in [0.4, 0.5) is 0 Å². The highest BCUT2D eigenvalue weighted by Crippen LogP contribution is 2.13. The maximum Gasteiger partial charge on any atom is 0.330 e. The van der Waals surface area contributed by atoms with Crippen LogP contribution in [0.25, 0.3) is 0 Å². The molecule has 0 aromatic carbocycles. The zero-order chi connectivity index (χ0) is 16.3. The summed E-state index contributed by atoms with van der Waals surface area (Å²) in [5, 5.41) is 8.72. The largest absolute Gasteiger partial charge is 0.478 e. The van der Waals surface area contributed by atoms with Gasteiger partial charge in [0.1, 0.15) is 0 Å². The molecule has 2 nitrogen and oxygen atoms in total. The lowest BCUT2D eigenvalue weighted by Crippen LogP contribution is -1.97. The molecular formula is C19H30O2. The number of allylic oxidation sites excluding steroid dienone is 6. The zero-order valence-electron chi connectivity index (χ0n) is 14.0. The molecule has 0 atom stereocenters. The van der Waals surface area contributed by atoms with Gasteiger partial charge in [0, 0.05) is 5.57 Å². The van der Waals surface area contributed by atoms with Gasteiger partial charge < -0.3 is 5.11 Å². The third-order valence-electron chi connectivity index (χ3n) is 3.36. The molecule has 0 aliphatic rings. The molecule has 1 N–H and O–H groups in total. The van der Waals surface area contributed by atoms with E-state index in [0.717, 1.165) is 32.1 Å². The average Bonchev–Trinajstić information content (AvgIpc) is 2.37. The van der Waals surface area contributed by atoms with E-state index in [1.165, 1.54) is 16.7 Å². The molecule has 0 fully saturated rings. The SMILES string of the molecule is C=C(CCC=C(C)CCC=C(C)CCC=C(C)C)C(=O)O. The fourth-order valence-corrected chi connectivity index (χ4v) is 1.94. The van der Waals surface area contributed by atoms with Gasteiger partial charge in [0.25, 0.3) is 0 Å². The minimum absolute atomic E-state index is 0.286. The standard InChI is InChI=1S/C19H30O2/c1-15(2)9-6-10-16(3)11-7-12-17(4)13-8-14-18(5)19(20)21/h9,11,13H,5-8,10,12,14H2,1-4H3,(H,20,21). The van der Waals surface area contributed by atoms with Crippen LogP contribution >= 0.6 is 0 Å². The zero-order valence-corrected chi connectivity index (χ0v) is 14.0. The van der Waals surface area contributed by atoms with Gasteiger partial charge in [-0.15, -0.1) is 0 Å². The van der Waals surface area contributed by atoms with Gasteiger partial charge in [-0.3, -0.25) is 0 Å². The molecule has 0 radical (unpaired) electrons. The Kier molecular flexibility index (Phi) is 10.3. The minimum Gasteiger partial charge on any atom is -0.478 e. The van der Waals surface area contributed by atoms with E-state index < -0.39 is 5.97 Å². The van der Waals surface area contributed by atoms with Gasteiger partial charge in [-0.2, -0.15) is 0 Å². The number of hydrogen-bond acceptors (Lipinski definition) is 1. The first-order chi connectivity index (χ1) is 9.82. The van der Waals surface area contributed by atoms with Crippen molar-refractivity contribution in [1.29, 1.82) is 0 Å². The lowest BCUT2D eigenvalue weighted by molar-refractivity contribution is -0.132. The molecule has 2 heteroatoms. The van der Waals surface area contributed by atoms with Gasteiger partial charge >= 0.3 is 5.97 Å². The molecule has 0 aromatic heterocycles. The van der Waals surface area contributed by atoms with E-state index in [4.69, 9.17) is 5.11 Å². The van der Waals surface area contributed by atoms with Crippen LogP contribution in [0.1, 0.15) is 66.2 Å². The van der Waals surface area contributed by atoms with Gasteiger partial charge in [-0.25, -0.2) is 4.79 Å². The van der Waals surface area contributed by atoms with E-state index >= 15 is 0 Å². The van der Waals surface area contributed by atoms with Crippen LogP contribution in [-0.4, -0.2) is 11.1 Å². The Balaban J connectivity index is 3.96. The summed E-state index contributed by atoms with van der Waals surface area (Å²) in [5.74, 6) is -0.893. The predicted molar refractivity (Wildman–Crippen MR) is 91.4 cm³/mol. The number of carboxylic acid groups (broad SMARTS) is 1. The second kappa shape index (κ2) is 11.1. The molecule has 0 heterocycles. The summed E-state index contributed by atoms with van der Waals surface area (Å²) in [5.41, 5.74) is 4.43. The van der Waals surface area contributed by atoms with E-state index in [1.54, 1.807) is 0 Å². The van der Waals surface area contributed by atoms with Crippen molar-refractivity contribution in [3.05, 3.63) is 47.1 Å². The first kappa shape index (κ1) is 19.4. The Morgan fingerprint density at radius 3 is 1.71 bits per heavy atom. The van der Waals surface area contributed by atoms with Crippen LogP contribution in [0.15, 0.2) is 47.1 Å². The molecule has 0 unspecified atom stereocenters. The maximum atomic E-state index is 10.6. The highest BCUT2D eigenvalue weighted by Gasteiger charge is 2.01. The van der Waals surface area contributed by atoms with E-state index in [0.29, 0.717) is 6.42 Å². The Morgan fingerprint density at radius 1 is 0.857 bits per heavy atom. The summed E-state index contributed by atoms with van der Waals surface area (Å²) in [4.78, 5) is 10.6. The van der Waals surface area contributed by atoms with Crippen LogP contribution in [0.5, 0.6) is 0 Å². The van der Waals surface area contributed by atoms with Crippen molar-refractivity contribution < 1.29 is 9.90 Å². The molecule has 0 saturated heterocycles. The maximum absolute atomic E-state index is 10.6. The molecule has 0 rings (SSSR count). The van der Waals surface area contributed by atoms with Crippen molar-refractivity contribution in [2.75, 3.05) is 0 Å². The molecule has 0 bridgehead atoms. The van der Waals surface area contributed by atoms with Crippen LogP contribution < -0.4 is 0 Å². The second-order valence-electron chi connectivity index (χ2n) is 5.91. The van der Waals surface area contributed by atoms with Crippen molar-refractivity contribution >= 4 is 5.97 Å². The predicted octanol–water partition coefficient (Wildman–Crippen LogP) is 5.83. The van der Waals surface area contributed by atoms with Gasteiger partial charge in [0.15, 0.2) is 0 Å². The van der Waals surface area contributed by atoms with E-state index in [9.17, 15) is 4.79 Å². The van der Waals surface area contributed by atoms with Crippen LogP contribution in [0, 0.1) is 0 Å². The summed E-state index contributed by atoms with van der Waals surface area (Å²) >= 11 is 0.